The van der Waals surface area contributed by atoms with Crippen LogP contribution in [0.2, 0.25) is 0 Å². The van der Waals surface area contributed by atoms with Gasteiger partial charge in [-0.15, -0.1) is 0 Å². The Morgan fingerprint density at radius 2 is 0.885 bits per heavy atom. The Morgan fingerprint density at radius 1 is 0.474 bits per heavy atom. The zero-order valence-electron chi connectivity index (χ0n) is 48.1. The average Bonchev–Trinajstić information content (AvgIpc) is 3.47. The van der Waals surface area contributed by atoms with E-state index in [1.54, 1.807) is 6.08 Å². The Kier molecular flexibility index (Phi) is 44.3. The van der Waals surface area contributed by atoms with Crippen LogP contribution in [0.3, 0.4) is 0 Å². The first-order chi connectivity index (χ1) is 38.1. The lowest BCUT2D eigenvalue weighted by Gasteiger charge is -2.46. The molecule has 0 spiro atoms. The molecule has 1 amide bonds. The number of ether oxygens (including phenoxy) is 4. The molecule has 0 aromatic carbocycles. The van der Waals surface area contributed by atoms with E-state index in [0.29, 0.717) is 6.42 Å². The highest BCUT2D eigenvalue weighted by Gasteiger charge is 2.51. The van der Waals surface area contributed by atoms with Gasteiger partial charge in [-0.05, 0) is 77.0 Å². The average molecular weight is 1100 g/mol. The number of allylic oxidation sites excluding steroid dienone is 15. The van der Waals surface area contributed by atoms with Crippen molar-refractivity contribution in [3.8, 4) is 0 Å². The van der Waals surface area contributed by atoms with Gasteiger partial charge in [-0.3, -0.25) is 4.79 Å². The Hall–Kier alpha value is -3.09. The Bertz CT molecular complexity index is 1680. The lowest BCUT2D eigenvalue weighted by Crippen LogP contribution is -2.65. The predicted octanol–water partition coefficient (Wildman–Crippen LogP) is 10.7. The minimum absolute atomic E-state index is 0.251. The van der Waals surface area contributed by atoms with E-state index in [2.05, 4.69) is 104 Å². The molecular formula is C64H109NO13. The molecule has 2 fully saturated rings. The number of amides is 1. The maximum atomic E-state index is 13.3. The zero-order chi connectivity index (χ0) is 56.7. The first kappa shape index (κ1) is 71.0. The van der Waals surface area contributed by atoms with Crippen molar-refractivity contribution >= 4 is 5.91 Å². The quantitative estimate of drug-likeness (QED) is 0.0204. The van der Waals surface area contributed by atoms with Crippen molar-refractivity contribution in [3.63, 3.8) is 0 Å². The predicted molar refractivity (Wildman–Crippen MR) is 313 cm³/mol. The molecule has 2 rings (SSSR count). The van der Waals surface area contributed by atoms with Gasteiger partial charge in [0.1, 0.15) is 48.8 Å². The van der Waals surface area contributed by atoms with Crippen LogP contribution in [0.25, 0.3) is 0 Å². The van der Waals surface area contributed by atoms with Gasteiger partial charge in [0, 0.05) is 6.42 Å². The van der Waals surface area contributed by atoms with Gasteiger partial charge < -0.3 is 65.1 Å². The molecule has 448 valence electrons. The van der Waals surface area contributed by atoms with Gasteiger partial charge in [0.2, 0.25) is 5.91 Å². The molecule has 0 bridgehead atoms. The molecule has 0 aliphatic carbocycles. The van der Waals surface area contributed by atoms with Crippen LogP contribution in [-0.2, 0) is 23.7 Å². The van der Waals surface area contributed by atoms with Crippen LogP contribution in [-0.4, -0.2) is 140 Å². The molecule has 2 saturated heterocycles. The summed E-state index contributed by atoms with van der Waals surface area (Å²) in [6, 6.07) is -0.923. The number of rotatable bonds is 47. The van der Waals surface area contributed by atoms with Gasteiger partial charge in [0.25, 0.3) is 0 Å². The smallest absolute Gasteiger partial charge is 0.220 e. The van der Waals surface area contributed by atoms with Gasteiger partial charge in [0.05, 0.1) is 32.0 Å². The number of hydrogen-bond donors (Lipinski definition) is 9. The van der Waals surface area contributed by atoms with Gasteiger partial charge in [-0.2, -0.15) is 0 Å². The second-order valence-corrected chi connectivity index (χ2v) is 21.1. The molecule has 12 unspecified atom stereocenters. The lowest BCUT2D eigenvalue weighted by atomic mass is 9.97. The summed E-state index contributed by atoms with van der Waals surface area (Å²) in [4.78, 5) is 13.3. The molecule has 2 heterocycles. The van der Waals surface area contributed by atoms with Crippen LogP contribution in [0.1, 0.15) is 206 Å². The van der Waals surface area contributed by atoms with E-state index in [1.807, 2.05) is 6.08 Å². The van der Waals surface area contributed by atoms with Crippen molar-refractivity contribution in [2.45, 2.75) is 280 Å². The van der Waals surface area contributed by atoms with E-state index in [0.717, 1.165) is 89.9 Å². The summed E-state index contributed by atoms with van der Waals surface area (Å²) in [5.41, 5.74) is 0. The third kappa shape index (κ3) is 33.6. The largest absolute Gasteiger partial charge is 0.394 e. The number of unbranched alkanes of at least 4 members (excludes halogenated alkanes) is 20. The minimum Gasteiger partial charge on any atom is -0.394 e. The van der Waals surface area contributed by atoms with E-state index in [-0.39, 0.29) is 18.9 Å². The summed E-state index contributed by atoms with van der Waals surface area (Å²) in [5.74, 6) is -0.251. The third-order valence-corrected chi connectivity index (χ3v) is 14.3. The number of carbonyl (C=O) groups is 1. The molecule has 0 aromatic rings. The molecule has 2 aliphatic rings. The number of nitrogens with one attached hydrogen (secondary N) is 1. The summed E-state index contributed by atoms with van der Waals surface area (Å²) >= 11 is 0. The van der Waals surface area contributed by atoms with Crippen molar-refractivity contribution in [3.05, 3.63) is 97.2 Å². The second-order valence-electron chi connectivity index (χ2n) is 21.1. The highest BCUT2D eigenvalue weighted by atomic mass is 16.7. The van der Waals surface area contributed by atoms with Gasteiger partial charge in [0.15, 0.2) is 12.6 Å². The van der Waals surface area contributed by atoms with E-state index in [9.17, 15) is 45.6 Å². The third-order valence-electron chi connectivity index (χ3n) is 14.3. The topological polar surface area (TPSA) is 228 Å². The molecule has 14 nitrogen and oxygen atoms in total. The molecule has 9 N–H and O–H groups in total. The van der Waals surface area contributed by atoms with Crippen LogP contribution in [0.15, 0.2) is 97.2 Å². The maximum absolute atomic E-state index is 13.3. The van der Waals surface area contributed by atoms with Crippen LogP contribution < -0.4 is 5.32 Å². The molecule has 0 radical (unpaired) electrons. The molecular weight excluding hydrogens is 991 g/mol. The fourth-order valence-corrected chi connectivity index (χ4v) is 9.39. The van der Waals surface area contributed by atoms with Crippen LogP contribution >= 0.6 is 0 Å². The molecule has 0 aromatic heterocycles. The fourth-order valence-electron chi connectivity index (χ4n) is 9.39. The summed E-state index contributed by atoms with van der Waals surface area (Å²) < 4.78 is 22.7. The molecule has 0 saturated carbocycles. The fraction of sp³-hybridized carbons (Fsp3) is 0.734. The number of aliphatic hydroxyl groups is 8. The van der Waals surface area contributed by atoms with Crippen LogP contribution in [0.5, 0.6) is 0 Å². The Morgan fingerprint density at radius 3 is 1.36 bits per heavy atom. The molecule has 2 aliphatic heterocycles. The van der Waals surface area contributed by atoms with E-state index in [1.165, 1.54) is 89.9 Å². The van der Waals surface area contributed by atoms with Crippen LogP contribution in [0, 0.1) is 0 Å². The summed E-state index contributed by atoms with van der Waals surface area (Å²) in [7, 11) is 0. The number of hydrogen-bond acceptors (Lipinski definition) is 13. The number of aliphatic hydroxyl groups excluding tert-OH is 8. The summed E-state index contributed by atoms with van der Waals surface area (Å²) in [6.45, 7) is 2.66. The van der Waals surface area contributed by atoms with Crippen molar-refractivity contribution in [1.29, 1.82) is 0 Å². The van der Waals surface area contributed by atoms with E-state index in [4.69, 9.17) is 18.9 Å². The summed E-state index contributed by atoms with van der Waals surface area (Å²) in [5, 5.41) is 87.0. The SMILES string of the molecule is CC/C=C\C/C=C\C/C=C\C/C=C\C/C=C\C/C=C\C/C=C\CCCCCCCCCCCC(=O)NC(COC1OC(CO)C(OC2OC(CO)C(O)C(O)C2O)C(O)C1O)C(O)/C=C/CCCCCCCCCCCCC. The van der Waals surface area contributed by atoms with Gasteiger partial charge in [-0.1, -0.05) is 220 Å². The van der Waals surface area contributed by atoms with Gasteiger partial charge >= 0.3 is 0 Å². The Labute approximate surface area is 471 Å². The Balaban J connectivity index is 1.70. The van der Waals surface area contributed by atoms with Crippen LogP contribution in [0.4, 0.5) is 0 Å². The minimum atomic E-state index is -1.79. The molecule has 78 heavy (non-hydrogen) atoms. The highest BCUT2D eigenvalue weighted by Crippen LogP contribution is 2.30. The molecule has 12 atom stereocenters. The molecule has 14 heteroatoms. The normalized spacial score (nSPS) is 25.3. The number of carbonyl (C=O) groups excluding carboxylic acids is 1. The lowest BCUT2D eigenvalue weighted by molar-refractivity contribution is -0.359. The highest BCUT2D eigenvalue weighted by molar-refractivity contribution is 5.76. The van der Waals surface area contributed by atoms with Crippen molar-refractivity contribution < 1.29 is 64.6 Å². The first-order valence-corrected chi connectivity index (χ1v) is 30.5. The van der Waals surface area contributed by atoms with Crippen molar-refractivity contribution in [2.24, 2.45) is 0 Å². The van der Waals surface area contributed by atoms with E-state index < -0.39 is 86.8 Å². The first-order valence-electron chi connectivity index (χ1n) is 30.5. The van der Waals surface area contributed by atoms with Gasteiger partial charge in [-0.25, -0.2) is 0 Å². The van der Waals surface area contributed by atoms with Crippen molar-refractivity contribution in [2.75, 3.05) is 19.8 Å². The second kappa shape index (κ2) is 48.6. The standard InChI is InChI=1S/C64H109NO13/c1-3-5-7-9-11-13-15-17-18-19-20-21-22-23-24-25-26-27-28-29-30-31-32-33-34-36-38-40-42-44-46-48-56(69)65-52(53(68)47-45-43-41-39-37-35-16-14-12-10-8-6-4-2)51-75-63-61(74)59(72)62(55(50-67)77-63)78-64-60(73)58(71)57(70)54(49-66)76-64/h5,7,11,13,17-18,20-21,23-24,26-27,29-30,45,47,52-55,57-64,66-68,70-74H,3-4,6,8-10,12,14-16,19,22,25,28,31-44,46,48-51H2,1-2H3,(H,65,69)/b7-5-,13-11-,18-17-,21-20-,24-23-,27-26-,30-29-,47-45+. The zero-order valence-corrected chi connectivity index (χ0v) is 48.1. The summed E-state index contributed by atoms with van der Waals surface area (Å²) in [6.07, 6.45) is 50.2. The van der Waals surface area contributed by atoms with E-state index >= 15 is 0 Å². The monoisotopic (exact) mass is 1100 g/mol. The van der Waals surface area contributed by atoms with Crippen molar-refractivity contribution in [1.82, 2.24) is 5.32 Å². The maximum Gasteiger partial charge on any atom is 0.220 e.